The fourth-order valence-corrected chi connectivity index (χ4v) is 5.62. The zero-order valence-corrected chi connectivity index (χ0v) is 17.5. The number of para-hydroxylation sites is 3. The van der Waals surface area contributed by atoms with Crippen molar-refractivity contribution in [3.8, 4) is 0 Å². The van der Waals surface area contributed by atoms with Gasteiger partial charge in [0.15, 0.2) is 0 Å². The topological polar surface area (TPSA) is 54.9 Å². The summed E-state index contributed by atoms with van der Waals surface area (Å²) in [6.07, 6.45) is -3.34. The predicted octanol–water partition coefficient (Wildman–Crippen LogP) is 5.62. The smallest absolute Gasteiger partial charge is 0.325 e. The van der Waals surface area contributed by atoms with E-state index in [1.807, 2.05) is 38.1 Å². The summed E-state index contributed by atoms with van der Waals surface area (Å²) in [7, 11) is 0. The van der Waals surface area contributed by atoms with Gasteiger partial charge in [-0.15, -0.1) is 0 Å². The van der Waals surface area contributed by atoms with Gasteiger partial charge in [0.1, 0.15) is 0 Å². The number of nitrogens with zero attached hydrogens (tertiary/aromatic N) is 2. The molecule has 1 N–H and O–H groups in total. The molecule has 0 spiro atoms. The molecule has 2 aliphatic rings. The van der Waals surface area contributed by atoms with Crippen molar-refractivity contribution in [2.24, 2.45) is 5.41 Å². The van der Waals surface area contributed by atoms with E-state index >= 15 is 0 Å². The van der Waals surface area contributed by atoms with E-state index in [0.29, 0.717) is 24.1 Å². The summed E-state index contributed by atoms with van der Waals surface area (Å²) in [5.74, 6) is -0.457. The van der Waals surface area contributed by atoms with E-state index in [1.54, 1.807) is 0 Å². The molecule has 2 aromatic carbocycles. The standard InChI is InChI=1S/C24H22F3N3O/c1-21(2)22(3)12-13-23(21,19-18(22)28-16-10-6-7-11-17(16)29-19)20(31)30-15-9-5-4-8-14(15)24(25,26)27/h4-11H,12-13H2,1-3H3,(H,30,31)/t22-,23-/m1/s1. The molecule has 2 aliphatic carbocycles. The Hall–Kier alpha value is -2.96. The van der Waals surface area contributed by atoms with Crippen LogP contribution >= 0.6 is 0 Å². The molecule has 0 aliphatic heterocycles. The maximum absolute atomic E-state index is 13.8. The Morgan fingerprint density at radius 1 is 0.903 bits per heavy atom. The van der Waals surface area contributed by atoms with Gasteiger partial charge in [0, 0.05) is 5.41 Å². The number of fused-ring (bicyclic) bond motifs is 6. The van der Waals surface area contributed by atoms with Crippen molar-refractivity contribution in [1.29, 1.82) is 0 Å². The molecule has 0 radical (unpaired) electrons. The Kier molecular flexibility index (Phi) is 3.90. The summed E-state index contributed by atoms with van der Waals surface area (Å²) in [6.45, 7) is 6.09. The van der Waals surface area contributed by atoms with Crippen LogP contribution in [0.3, 0.4) is 0 Å². The van der Waals surface area contributed by atoms with Crippen LogP contribution < -0.4 is 5.32 Å². The van der Waals surface area contributed by atoms with E-state index in [4.69, 9.17) is 9.97 Å². The average Bonchev–Trinajstić information content (AvgIpc) is 3.01. The summed E-state index contributed by atoms with van der Waals surface area (Å²) >= 11 is 0. The number of nitrogens with one attached hydrogen (secondary N) is 1. The van der Waals surface area contributed by atoms with E-state index in [9.17, 15) is 18.0 Å². The van der Waals surface area contributed by atoms with Crippen LogP contribution in [0.15, 0.2) is 48.5 Å². The minimum atomic E-state index is -4.56. The number of rotatable bonds is 2. The van der Waals surface area contributed by atoms with Crippen molar-refractivity contribution in [2.45, 2.75) is 50.6 Å². The highest BCUT2D eigenvalue weighted by molar-refractivity contribution is 6.02. The van der Waals surface area contributed by atoms with E-state index in [2.05, 4.69) is 12.2 Å². The average molecular weight is 425 g/mol. The Balaban J connectivity index is 1.68. The molecule has 160 valence electrons. The van der Waals surface area contributed by atoms with Crippen molar-refractivity contribution in [1.82, 2.24) is 9.97 Å². The Labute approximate surface area is 177 Å². The van der Waals surface area contributed by atoms with Gasteiger partial charge < -0.3 is 5.32 Å². The van der Waals surface area contributed by atoms with Crippen LogP contribution in [0.5, 0.6) is 0 Å². The lowest BCUT2D eigenvalue weighted by atomic mass is 9.63. The number of alkyl halides is 3. The Morgan fingerprint density at radius 2 is 1.48 bits per heavy atom. The van der Waals surface area contributed by atoms with Gasteiger partial charge in [-0.05, 0) is 42.5 Å². The van der Waals surface area contributed by atoms with E-state index < -0.39 is 33.9 Å². The zero-order valence-electron chi connectivity index (χ0n) is 17.5. The second kappa shape index (κ2) is 6.05. The zero-order chi connectivity index (χ0) is 22.2. The molecule has 0 saturated heterocycles. The van der Waals surface area contributed by atoms with E-state index in [0.717, 1.165) is 17.3 Å². The largest absolute Gasteiger partial charge is 0.418 e. The molecule has 7 heteroatoms. The van der Waals surface area contributed by atoms with Crippen molar-refractivity contribution >= 4 is 22.6 Å². The number of halogens is 3. The molecule has 3 aromatic rings. The summed E-state index contributed by atoms with van der Waals surface area (Å²) in [5, 5.41) is 2.61. The van der Waals surface area contributed by atoms with Gasteiger partial charge in [0.05, 0.1) is 39.1 Å². The van der Waals surface area contributed by atoms with E-state index in [-0.39, 0.29) is 5.69 Å². The van der Waals surface area contributed by atoms with Crippen LogP contribution in [-0.2, 0) is 21.8 Å². The molecule has 0 unspecified atom stereocenters. The van der Waals surface area contributed by atoms with Gasteiger partial charge >= 0.3 is 6.18 Å². The predicted molar refractivity (Wildman–Crippen MR) is 112 cm³/mol. The molecule has 31 heavy (non-hydrogen) atoms. The second-order valence-electron chi connectivity index (χ2n) is 9.27. The van der Waals surface area contributed by atoms with Crippen molar-refractivity contribution in [3.05, 3.63) is 65.5 Å². The number of hydrogen-bond donors (Lipinski definition) is 1. The number of anilines is 1. The number of amides is 1. The lowest BCUT2D eigenvalue weighted by Crippen LogP contribution is -2.48. The van der Waals surface area contributed by atoms with Gasteiger partial charge in [0.25, 0.3) is 0 Å². The third kappa shape index (κ3) is 2.40. The first-order valence-electron chi connectivity index (χ1n) is 10.3. The van der Waals surface area contributed by atoms with Crippen LogP contribution in [0.1, 0.15) is 50.6 Å². The van der Waals surface area contributed by atoms with Gasteiger partial charge in [0.2, 0.25) is 5.91 Å². The van der Waals surface area contributed by atoms with Gasteiger partial charge in [-0.25, -0.2) is 9.97 Å². The maximum Gasteiger partial charge on any atom is 0.418 e. The molecule has 2 atom stereocenters. The minimum absolute atomic E-state index is 0.235. The molecule has 4 nitrogen and oxygen atoms in total. The first-order valence-corrected chi connectivity index (χ1v) is 10.3. The van der Waals surface area contributed by atoms with Gasteiger partial charge in [-0.3, -0.25) is 4.79 Å². The van der Waals surface area contributed by atoms with Crippen LogP contribution in [0.2, 0.25) is 0 Å². The number of benzene rings is 2. The lowest BCUT2D eigenvalue weighted by molar-refractivity contribution is -0.137. The fourth-order valence-electron chi connectivity index (χ4n) is 5.62. The summed E-state index contributed by atoms with van der Waals surface area (Å²) in [4.78, 5) is 23.5. The Bertz CT molecular complexity index is 1240. The molecule has 2 bridgehead atoms. The highest BCUT2D eigenvalue weighted by Gasteiger charge is 2.73. The highest BCUT2D eigenvalue weighted by atomic mass is 19.4. The van der Waals surface area contributed by atoms with E-state index in [1.165, 1.54) is 18.2 Å². The molecule has 1 aromatic heterocycles. The highest BCUT2D eigenvalue weighted by Crippen LogP contribution is 2.70. The maximum atomic E-state index is 13.8. The molecular weight excluding hydrogens is 403 g/mol. The summed E-state index contributed by atoms with van der Waals surface area (Å²) in [6, 6.07) is 12.5. The third-order valence-corrected chi connectivity index (χ3v) is 7.81. The van der Waals surface area contributed by atoms with Crippen molar-refractivity contribution in [2.75, 3.05) is 5.32 Å². The molecule has 5 rings (SSSR count). The molecule has 1 fully saturated rings. The lowest BCUT2D eigenvalue weighted by Gasteiger charge is -2.39. The van der Waals surface area contributed by atoms with Crippen LogP contribution in [0.25, 0.3) is 11.0 Å². The minimum Gasteiger partial charge on any atom is -0.325 e. The normalized spacial score (nSPS) is 26.1. The number of aromatic nitrogens is 2. The molecular formula is C24H22F3N3O. The quantitative estimate of drug-likeness (QED) is 0.580. The van der Waals surface area contributed by atoms with Gasteiger partial charge in [-0.1, -0.05) is 45.0 Å². The fraction of sp³-hybridized carbons (Fsp3) is 0.375. The number of carbonyl (C=O) groups excluding carboxylic acids is 1. The summed E-state index contributed by atoms with van der Waals surface area (Å²) in [5.41, 5.74) is -0.333. The monoisotopic (exact) mass is 425 g/mol. The Morgan fingerprint density at radius 3 is 2.13 bits per heavy atom. The molecule has 1 saturated carbocycles. The van der Waals surface area contributed by atoms with Crippen LogP contribution in [0.4, 0.5) is 18.9 Å². The first-order chi connectivity index (χ1) is 14.5. The van der Waals surface area contributed by atoms with Crippen molar-refractivity contribution < 1.29 is 18.0 Å². The van der Waals surface area contributed by atoms with Crippen LogP contribution in [-0.4, -0.2) is 15.9 Å². The molecule has 1 heterocycles. The van der Waals surface area contributed by atoms with Crippen LogP contribution in [0, 0.1) is 5.41 Å². The second-order valence-corrected chi connectivity index (χ2v) is 9.27. The number of carbonyl (C=O) groups is 1. The number of hydrogen-bond acceptors (Lipinski definition) is 3. The van der Waals surface area contributed by atoms with Gasteiger partial charge in [-0.2, -0.15) is 13.2 Å². The SMILES string of the molecule is CC1(C)[C@]2(C(=O)Nc3ccccc3C(F)(F)F)CC[C@]1(C)c1nc3ccccc3nc12. The third-order valence-electron chi connectivity index (χ3n) is 7.81. The molecule has 1 amide bonds. The first kappa shape index (κ1) is 20.0. The van der Waals surface area contributed by atoms with Crippen molar-refractivity contribution in [3.63, 3.8) is 0 Å². The summed E-state index contributed by atoms with van der Waals surface area (Å²) < 4.78 is 40.5.